The lowest BCUT2D eigenvalue weighted by Crippen LogP contribution is -2.46. The van der Waals surface area contributed by atoms with Crippen molar-refractivity contribution in [3.63, 3.8) is 0 Å². The minimum Gasteiger partial charge on any atom is -0.284 e. The molecule has 94 valence electrons. The van der Waals surface area contributed by atoms with Crippen LogP contribution in [0.25, 0.3) is 0 Å². The smallest absolute Gasteiger partial charge is 0.0527 e. The van der Waals surface area contributed by atoms with Crippen LogP contribution in [0.3, 0.4) is 0 Å². The average molecular weight is 225 g/mol. The molecule has 0 amide bonds. The standard InChI is InChI=1S/C13H27N3/c1-12(2,3)15-7-11-8-16(13(4,5)6)10-14(11)9-15/h11H,7-10H2,1-6H3. The third kappa shape index (κ3) is 2.27. The van der Waals surface area contributed by atoms with E-state index in [9.17, 15) is 0 Å². The second-order valence-electron chi connectivity index (χ2n) is 7.31. The highest BCUT2D eigenvalue weighted by Gasteiger charge is 2.43. The minimum atomic E-state index is 0.316. The van der Waals surface area contributed by atoms with Gasteiger partial charge in [-0.1, -0.05) is 0 Å². The van der Waals surface area contributed by atoms with Gasteiger partial charge in [-0.25, -0.2) is 0 Å². The number of fused-ring (bicyclic) bond motifs is 1. The Hall–Kier alpha value is -0.120. The van der Waals surface area contributed by atoms with Crippen LogP contribution in [0.2, 0.25) is 0 Å². The molecule has 2 rings (SSSR count). The Kier molecular flexibility index (Phi) is 2.84. The fraction of sp³-hybridized carbons (Fsp3) is 1.00. The molecule has 2 heterocycles. The van der Waals surface area contributed by atoms with Crippen molar-refractivity contribution in [1.82, 2.24) is 14.7 Å². The van der Waals surface area contributed by atoms with Crippen molar-refractivity contribution in [3.8, 4) is 0 Å². The molecule has 2 fully saturated rings. The Balaban J connectivity index is 1.96. The summed E-state index contributed by atoms with van der Waals surface area (Å²) in [4.78, 5) is 7.81. The molecule has 0 radical (unpaired) electrons. The summed E-state index contributed by atoms with van der Waals surface area (Å²) in [6.45, 7) is 18.6. The van der Waals surface area contributed by atoms with Crippen LogP contribution in [0, 0.1) is 0 Å². The van der Waals surface area contributed by atoms with E-state index in [0.29, 0.717) is 11.1 Å². The van der Waals surface area contributed by atoms with E-state index in [1.54, 1.807) is 0 Å². The zero-order chi connectivity index (χ0) is 12.1. The summed E-state index contributed by atoms with van der Waals surface area (Å²) in [6, 6.07) is 0.749. The Bertz CT molecular complexity index is 221. The molecule has 2 aliphatic rings. The number of hydrogen-bond acceptors (Lipinski definition) is 3. The van der Waals surface area contributed by atoms with Crippen LogP contribution < -0.4 is 0 Å². The quantitative estimate of drug-likeness (QED) is 0.622. The van der Waals surface area contributed by atoms with E-state index in [0.717, 1.165) is 19.4 Å². The molecule has 3 nitrogen and oxygen atoms in total. The predicted octanol–water partition coefficient (Wildman–Crippen LogP) is 1.80. The van der Waals surface area contributed by atoms with Gasteiger partial charge in [0, 0.05) is 30.2 Å². The monoisotopic (exact) mass is 225 g/mol. The molecule has 0 aromatic heterocycles. The van der Waals surface area contributed by atoms with Crippen LogP contribution in [-0.2, 0) is 0 Å². The molecule has 0 spiro atoms. The molecule has 0 atom stereocenters. The molecular weight excluding hydrogens is 198 g/mol. The average Bonchev–Trinajstić information content (AvgIpc) is 2.53. The number of hydrogen-bond donors (Lipinski definition) is 0. The van der Waals surface area contributed by atoms with Gasteiger partial charge in [-0.05, 0) is 41.5 Å². The van der Waals surface area contributed by atoms with Crippen LogP contribution in [-0.4, -0.2) is 58.2 Å². The molecule has 2 saturated heterocycles. The molecule has 2 aliphatic heterocycles. The molecule has 0 N–H and O–H groups in total. The SMILES string of the molecule is CC(C)(C)N1CC2CN(C(C)(C)C)CN2C1. The Labute approximate surface area is 100 Å². The predicted molar refractivity (Wildman–Crippen MR) is 68.3 cm³/mol. The molecule has 0 aromatic rings. The summed E-state index contributed by atoms with van der Waals surface area (Å²) in [7, 11) is 0. The van der Waals surface area contributed by atoms with Crippen molar-refractivity contribution in [2.45, 2.75) is 58.7 Å². The van der Waals surface area contributed by atoms with Crippen molar-refractivity contribution in [1.29, 1.82) is 0 Å². The normalized spacial score (nSPS) is 26.6. The molecule has 3 heteroatoms. The first-order valence-corrected chi connectivity index (χ1v) is 6.42. The first-order chi connectivity index (χ1) is 7.18. The van der Waals surface area contributed by atoms with E-state index in [1.807, 2.05) is 0 Å². The third-order valence-corrected chi connectivity index (χ3v) is 3.98. The van der Waals surface area contributed by atoms with E-state index in [4.69, 9.17) is 0 Å². The van der Waals surface area contributed by atoms with Gasteiger partial charge in [0.25, 0.3) is 0 Å². The van der Waals surface area contributed by atoms with Crippen LogP contribution in [0.1, 0.15) is 41.5 Å². The lowest BCUT2D eigenvalue weighted by molar-refractivity contribution is 0.0914. The molecule has 16 heavy (non-hydrogen) atoms. The fourth-order valence-electron chi connectivity index (χ4n) is 2.60. The van der Waals surface area contributed by atoms with Gasteiger partial charge in [-0.3, -0.25) is 14.7 Å². The maximum absolute atomic E-state index is 2.62. The third-order valence-electron chi connectivity index (χ3n) is 3.98. The number of rotatable bonds is 0. The second-order valence-corrected chi connectivity index (χ2v) is 7.31. The Morgan fingerprint density at radius 1 is 0.750 bits per heavy atom. The van der Waals surface area contributed by atoms with Crippen LogP contribution in [0.4, 0.5) is 0 Å². The maximum Gasteiger partial charge on any atom is 0.0527 e. The summed E-state index contributed by atoms with van der Waals surface area (Å²) >= 11 is 0. The highest BCUT2D eigenvalue weighted by Crippen LogP contribution is 2.29. The molecular formula is C13H27N3. The second kappa shape index (κ2) is 3.69. The van der Waals surface area contributed by atoms with E-state index in [2.05, 4.69) is 56.2 Å². The van der Waals surface area contributed by atoms with Crippen LogP contribution >= 0.6 is 0 Å². The van der Waals surface area contributed by atoms with Crippen molar-refractivity contribution in [2.24, 2.45) is 0 Å². The first-order valence-electron chi connectivity index (χ1n) is 6.42. The lowest BCUT2D eigenvalue weighted by atomic mass is 10.1. The molecule has 0 saturated carbocycles. The van der Waals surface area contributed by atoms with Gasteiger partial charge >= 0.3 is 0 Å². The van der Waals surface area contributed by atoms with Crippen LogP contribution in [0.15, 0.2) is 0 Å². The van der Waals surface area contributed by atoms with Gasteiger partial charge in [-0.15, -0.1) is 0 Å². The van der Waals surface area contributed by atoms with E-state index in [-0.39, 0.29) is 0 Å². The largest absolute Gasteiger partial charge is 0.284 e. The molecule has 0 unspecified atom stereocenters. The van der Waals surface area contributed by atoms with Crippen molar-refractivity contribution in [2.75, 3.05) is 26.4 Å². The zero-order valence-electron chi connectivity index (χ0n) is 11.7. The zero-order valence-corrected chi connectivity index (χ0v) is 11.7. The summed E-state index contributed by atoms with van der Waals surface area (Å²) in [5.41, 5.74) is 0.633. The Morgan fingerprint density at radius 3 is 1.38 bits per heavy atom. The minimum absolute atomic E-state index is 0.316. The molecule has 0 aliphatic carbocycles. The maximum atomic E-state index is 2.62. The summed E-state index contributed by atoms with van der Waals surface area (Å²) in [5, 5.41) is 0. The van der Waals surface area contributed by atoms with Gasteiger partial charge in [0.15, 0.2) is 0 Å². The van der Waals surface area contributed by atoms with Gasteiger partial charge < -0.3 is 0 Å². The van der Waals surface area contributed by atoms with Gasteiger partial charge in [0.1, 0.15) is 0 Å². The van der Waals surface area contributed by atoms with E-state index >= 15 is 0 Å². The molecule has 0 bridgehead atoms. The topological polar surface area (TPSA) is 9.72 Å². The lowest BCUT2D eigenvalue weighted by Gasteiger charge is -2.35. The van der Waals surface area contributed by atoms with E-state index in [1.165, 1.54) is 13.1 Å². The van der Waals surface area contributed by atoms with Gasteiger partial charge in [-0.2, -0.15) is 0 Å². The highest BCUT2D eigenvalue weighted by atomic mass is 15.5. The van der Waals surface area contributed by atoms with Gasteiger partial charge in [0.05, 0.1) is 13.3 Å². The van der Waals surface area contributed by atoms with Crippen molar-refractivity contribution in [3.05, 3.63) is 0 Å². The van der Waals surface area contributed by atoms with Crippen molar-refractivity contribution < 1.29 is 0 Å². The summed E-state index contributed by atoms with van der Waals surface area (Å²) in [6.07, 6.45) is 0. The number of nitrogens with zero attached hydrogens (tertiary/aromatic N) is 3. The van der Waals surface area contributed by atoms with E-state index < -0.39 is 0 Å². The molecule has 0 aromatic carbocycles. The first kappa shape index (κ1) is 12.3. The summed E-state index contributed by atoms with van der Waals surface area (Å²) in [5.74, 6) is 0. The summed E-state index contributed by atoms with van der Waals surface area (Å²) < 4.78 is 0. The Morgan fingerprint density at radius 2 is 1.12 bits per heavy atom. The van der Waals surface area contributed by atoms with Crippen molar-refractivity contribution >= 4 is 0 Å². The van der Waals surface area contributed by atoms with Gasteiger partial charge in [0.2, 0.25) is 0 Å². The van der Waals surface area contributed by atoms with Crippen LogP contribution in [0.5, 0.6) is 0 Å². The fourth-order valence-corrected chi connectivity index (χ4v) is 2.60. The highest BCUT2D eigenvalue weighted by molar-refractivity contribution is 4.96.